The lowest BCUT2D eigenvalue weighted by Crippen LogP contribution is -2.38. The monoisotopic (exact) mass is 175 g/mol. The Morgan fingerprint density at radius 2 is 2.08 bits per heavy atom. The fraction of sp³-hybridized carbons (Fsp3) is 0.200. The SMILES string of the molecule is O=C1CCC=c2ccccc2=[N+]1[O-]. The maximum Gasteiger partial charge on any atom is 0.398 e. The van der Waals surface area contributed by atoms with Crippen molar-refractivity contribution in [3.8, 4) is 0 Å². The molecule has 1 amide bonds. The van der Waals surface area contributed by atoms with E-state index in [4.69, 9.17) is 0 Å². The molecule has 3 heteroatoms. The smallest absolute Gasteiger partial charge is 0.398 e. The Hall–Kier alpha value is -1.64. The molecule has 66 valence electrons. The molecule has 1 aromatic rings. The zero-order valence-electron chi connectivity index (χ0n) is 7.06. The average Bonchev–Trinajstić information content (AvgIpc) is 2.29. The van der Waals surface area contributed by atoms with Crippen molar-refractivity contribution in [2.75, 3.05) is 0 Å². The second kappa shape index (κ2) is 3.01. The standard InChI is InChI=1S/C10H9NO2/c12-10-7-3-5-8-4-1-2-6-9(8)11(10)13/h1-2,4-6H,3,7H2. The molecule has 0 aliphatic carbocycles. The van der Waals surface area contributed by atoms with Crippen molar-refractivity contribution in [3.05, 3.63) is 40.0 Å². The summed E-state index contributed by atoms with van der Waals surface area (Å²) in [6, 6.07) is 7.13. The molecule has 1 heterocycles. The minimum atomic E-state index is -0.360. The van der Waals surface area contributed by atoms with Gasteiger partial charge in [0.1, 0.15) is 0 Å². The number of para-hydroxylation sites is 1. The van der Waals surface area contributed by atoms with Crippen molar-refractivity contribution < 1.29 is 4.79 Å². The molecule has 0 unspecified atom stereocenters. The van der Waals surface area contributed by atoms with Gasteiger partial charge in [0, 0.05) is 11.3 Å². The summed E-state index contributed by atoms with van der Waals surface area (Å²) < 4.78 is 0.485. The Kier molecular flexibility index (Phi) is 1.85. The summed E-state index contributed by atoms with van der Waals surface area (Å²) in [5.74, 6) is -0.360. The normalized spacial score (nSPS) is 16.0. The van der Waals surface area contributed by atoms with Gasteiger partial charge in [-0.3, -0.25) is 0 Å². The van der Waals surface area contributed by atoms with Crippen molar-refractivity contribution >= 4 is 12.0 Å². The molecular formula is C10H9NO2. The van der Waals surface area contributed by atoms with Crippen molar-refractivity contribution in [1.29, 1.82) is 0 Å². The predicted molar refractivity (Wildman–Crippen MR) is 49.0 cm³/mol. The molecule has 0 atom stereocenters. The molecule has 0 spiro atoms. The van der Waals surface area contributed by atoms with Crippen LogP contribution in [0.4, 0.5) is 0 Å². The Morgan fingerprint density at radius 1 is 1.31 bits per heavy atom. The third-order valence-corrected chi connectivity index (χ3v) is 2.10. The largest absolute Gasteiger partial charge is 0.616 e. The number of amides is 1. The minimum Gasteiger partial charge on any atom is -0.616 e. The number of rotatable bonds is 0. The Balaban J connectivity index is 2.87. The zero-order chi connectivity index (χ0) is 9.26. The molecule has 0 aromatic heterocycles. The maximum absolute atomic E-state index is 11.4. The van der Waals surface area contributed by atoms with E-state index in [1.165, 1.54) is 0 Å². The van der Waals surface area contributed by atoms with E-state index >= 15 is 0 Å². The summed E-state index contributed by atoms with van der Waals surface area (Å²) in [6.07, 6.45) is 2.87. The molecule has 3 nitrogen and oxygen atoms in total. The molecule has 0 saturated heterocycles. The first-order chi connectivity index (χ1) is 6.29. The molecule has 1 aliphatic rings. The summed E-state index contributed by atoms with van der Waals surface area (Å²) in [5, 5.41) is 12.7. The molecule has 1 aliphatic heterocycles. The Morgan fingerprint density at radius 3 is 2.92 bits per heavy atom. The van der Waals surface area contributed by atoms with Gasteiger partial charge in [-0.05, 0) is 12.5 Å². The third-order valence-electron chi connectivity index (χ3n) is 2.10. The molecule has 1 aromatic carbocycles. The average molecular weight is 175 g/mol. The lowest BCUT2D eigenvalue weighted by Gasteiger charge is -1.97. The van der Waals surface area contributed by atoms with Crippen molar-refractivity contribution in [1.82, 2.24) is 4.74 Å². The molecule has 0 bridgehead atoms. The lowest BCUT2D eigenvalue weighted by molar-refractivity contribution is -0.121. The topological polar surface area (TPSA) is 43.1 Å². The summed E-state index contributed by atoms with van der Waals surface area (Å²) in [7, 11) is 0. The van der Waals surface area contributed by atoms with Crippen LogP contribution < -0.4 is 15.3 Å². The highest BCUT2D eigenvalue weighted by Crippen LogP contribution is 1.93. The Bertz CT molecular complexity index is 462. The van der Waals surface area contributed by atoms with Gasteiger partial charge in [0.25, 0.3) is 0 Å². The van der Waals surface area contributed by atoms with Gasteiger partial charge in [0.05, 0.1) is 6.42 Å². The summed E-state index contributed by atoms with van der Waals surface area (Å²) in [4.78, 5) is 11.2. The number of fused-ring (bicyclic) bond motifs is 1. The number of carbonyl (C=O) groups is 1. The van der Waals surface area contributed by atoms with Crippen molar-refractivity contribution in [3.63, 3.8) is 0 Å². The van der Waals surface area contributed by atoms with Crippen LogP contribution in [-0.2, 0) is 4.79 Å². The first-order valence-corrected chi connectivity index (χ1v) is 4.21. The summed E-state index contributed by atoms with van der Waals surface area (Å²) in [5.41, 5.74) is 0. The number of benzene rings is 1. The quantitative estimate of drug-likeness (QED) is 0.404. The van der Waals surface area contributed by atoms with E-state index in [1.807, 2.05) is 18.2 Å². The van der Waals surface area contributed by atoms with Crippen molar-refractivity contribution in [2.24, 2.45) is 0 Å². The minimum absolute atomic E-state index is 0.304. The van der Waals surface area contributed by atoms with E-state index in [-0.39, 0.29) is 5.91 Å². The van der Waals surface area contributed by atoms with Crippen LogP contribution in [0.15, 0.2) is 24.3 Å². The van der Waals surface area contributed by atoms with E-state index in [0.29, 0.717) is 22.9 Å². The van der Waals surface area contributed by atoms with Crippen LogP contribution in [0, 0.1) is 5.21 Å². The van der Waals surface area contributed by atoms with Gasteiger partial charge in [-0.1, -0.05) is 18.2 Å². The number of carbonyl (C=O) groups excluding carboxylic acids is 1. The van der Waals surface area contributed by atoms with Gasteiger partial charge in [0.15, 0.2) is 0 Å². The molecule has 0 N–H and O–H groups in total. The van der Waals surface area contributed by atoms with Crippen LogP contribution in [-0.4, -0.2) is 5.91 Å². The molecule has 2 rings (SSSR count). The van der Waals surface area contributed by atoms with Gasteiger partial charge in [0.2, 0.25) is 5.36 Å². The highest BCUT2D eigenvalue weighted by molar-refractivity contribution is 5.79. The van der Waals surface area contributed by atoms with Crippen molar-refractivity contribution in [2.45, 2.75) is 12.8 Å². The molecule has 0 radical (unpaired) electrons. The van der Waals surface area contributed by atoms with Crippen LogP contribution in [0.1, 0.15) is 12.8 Å². The van der Waals surface area contributed by atoms with Gasteiger partial charge < -0.3 is 5.21 Å². The number of hydrogen-bond donors (Lipinski definition) is 0. The van der Waals surface area contributed by atoms with E-state index in [0.717, 1.165) is 5.22 Å². The summed E-state index contributed by atoms with van der Waals surface area (Å²) in [6.45, 7) is 0. The second-order valence-corrected chi connectivity index (χ2v) is 2.99. The first-order valence-electron chi connectivity index (χ1n) is 4.21. The summed E-state index contributed by atoms with van der Waals surface area (Å²) >= 11 is 0. The van der Waals surface area contributed by atoms with Crippen LogP contribution in [0.25, 0.3) is 6.08 Å². The van der Waals surface area contributed by atoms with Gasteiger partial charge in [-0.25, -0.2) is 4.79 Å². The fourth-order valence-electron chi connectivity index (χ4n) is 1.43. The molecule has 0 saturated carbocycles. The number of nitrogens with zero attached hydrogens (tertiary/aromatic N) is 1. The third kappa shape index (κ3) is 1.33. The molecular weight excluding hydrogens is 166 g/mol. The number of hydroxylamine groups is 1. The molecule has 13 heavy (non-hydrogen) atoms. The molecule has 0 fully saturated rings. The highest BCUT2D eigenvalue weighted by atomic mass is 16.5. The van der Waals surface area contributed by atoms with E-state index in [9.17, 15) is 10.0 Å². The lowest BCUT2D eigenvalue weighted by atomic mass is 10.2. The highest BCUT2D eigenvalue weighted by Gasteiger charge is 2.13. The van der Waals surface area contributed by atoms with Gasteiger partial charge in [-0.2, -0.15) is 0 Å². The maximum atomic E-state index is 11.4. The van der Waals surface area contributed by atoms with E-state index in [1.54, 1.807) is 12.1 Å². The van der Waals surface area contributed by atoms with E-state index in [2.05, 4.69) is 0 Å². The number of hydrogen-bond acceptors (Lipinski definition) is 2. The Labute approximate surface area is 75.2 Å². The fourth-order valence-corrected chi connectivity index (χ4v) is 1.43. The van der Waals surface area contributed by atoms with Crippen LogP contribution >= 0.6 is 0 Å². The van der Waals surface area contributed by atoms with Crippen LogP contribution in [0.2, 0.25) is 0 Å². The van der Waals surface area contributed by atoms with E-state index < -0.39 is 0 Å². The first kappa shape index (κ1) is 7.98. The van der Waals surface area contributed by atoms with Gasteiger partial charge in [-0.15, -0.1) is 4.74 Å². The predicted octanol–water partition coefficient (Wildman–Crippen LogP) is -0.224. The zero-order valence-corrected chi connectivity index (χ0v) is 7.06. The van der Waals surface area contributed by atoms with Crippen LogP contribution in [0.3, 0.4) is 0 Å². The van der Waals surface area contributed by atoms with Gasteiger partial charge >= 0.3 is 5.91 Å². The second-order valence-electron chi connectivity index (χ2n) is 2.99. The van der Waals surface area contributed by atoms with Crippen LogP contribution in [0.5, 0.6) is 0 Å².